The molecule has 0 saturated carbocycles. The fourth-order valence-electron chi connectivity index (χ4n) is 3.73. The first-order valence-electron chi connectivity index (χ1n) is 10.3. The minimum Gasteiger partial charge on any atom is -0.481 e. The van der Waals surface area contributed by atoms with Crippen molar-refractivity contribution in [3.8, 4) is 5.75 Å². The molecule has 1 aliphatic heterocycles. The molecule has 1 heterocycles. The molecule has 28 heavy (non-hydrogen) atoms. The van der Waals surface area contributed by atoms with E-state index in [0.29, 0.717) is 12.5 Å². The van der Waals surface area contributed by atoms with E-state index in [0.717, 1.165) is 42.8 Å². The monoisotopic (exact) mass is 380 g/mol. The number of benzene rings is 2. The van der Waals surface area contributed by atoms with Gasteiger partial charge in [0.15, 0.2) is 6.10 Å². The molecule has 0 bridgehead atoms. The summed E-state index contributed by atoms with van der Waals surface area (Å²) in [6.45, 7) is 10.8. The number of nitrogens with zero attached hydrogens (tertiary/aromatic N) is 1. The summed E-state index contributed by atoms with van der Waals surface area (Å²) in [6.07, 6.45) is 1.53. The van der Waals surface area contributed by atoms with Gasteiger partial charge in [-0.1, -0.05) is 44.2 Å². The molecule has 1 N–H and O–H groups in total. The van der Waals surface area contributed by atoms with Gasteiger partial charge < -0.3 is 15.0 Å². The molecule has 4 nitrogen and oxygen atoms in total. The number of aryl methyl sites for hydroxylation is 1. The number of hydrogen-bond acceptors (Lipinski definition) is 3. The number of carbonyl (C=O) groups excluding carboxylic acids is 1. The predicted molar refractivity (Wildman–Crippen MR) is 115 cm³/mol. The Bertz CT molecular complexity index is 816. The van der Waals surface area contributed by atoms with Gasteiger partial charge in [0.2, 0.25) is 0 Å². The van der Waals surface area contributed by atoms with Crippen LogP contribution in [0, 0.1) is 6.92 Å². The lowest BCUT2D eigenvalue weighted by Gasteiger charge is -2.21. The maximum absolute atomic E-state index is 12.5. The molecule has 3 rings (SSSR count). The van der Waals surface area contributed by atoms with Crippen LogP contribution < -0.4 is 15.0 Å². The minimum absolute atomic E-state index is 0.0574. The SMILES string of the molecule is Cc1ccc(C(C)C)c(O[C@@H](C)C(=O)NCCCN2CCc3ccccc32)c1. The second-order valence-electron chi connectivity index (χ2n) is 7.97. The van der Waals surface area contributed by atoms with Crippen molar-refractivity contribution in [3.63, 3.8) is 0 Å². The van der Waals surface area contributed by atoms with E-state index in [4.69, 9.17) is 4.74 Å². The number of para-hydroxylation sites is 1. The van der Waals surface area contributed by atoms with E-state index in [1.165, 1.54) is 11.3 Å². The average Bonchev–Trinajstić information content (AvgIpc) is 3.08. The molecule has 1 amide bonds. The van der Waals surface area contributed by atoms with Crippen LogP contribution in [-0.2, 0) is 11.2 Å². The minimum atomic E-state index is -0.508. The van der Waals surface area contributed by atoms with Gasteiger partial charge in [0.1, 0.15) is 5.75 Å². The largest absolute Gasteiger partial charge is 0.481 e. The Balaban J connectivity index is 1.46. The van der Waals surface area contributed by atoms with Gasteiger partial charge in [-0.2, -0.15) is 0 Å². The summed E-state index contributed by atoms with van der Waals surface area (Å²) in [4.78, 5) is 14.9. The molecule has 0 fully saturated rings. The first-order chi connectivity index (χ1) is 13.5. The van der Waals surface area contributed by atoms with E-state index in [-0.39, 0.29) is 5.91 Å². The summed E-state index contributed by atoms with van der Waals surface area (Å²) in [5.41, 5.74) is 5.04. The summed E-state index contributed by atoms with van der Waals surface area (Å²) in [7, 11) is 0. The summed E-state index contributed by atoms with van der Waals surface area (Å²) >= 11 is 0. The standard InChI is InChI=1S/C24H32N2O2/c1-17(2)21-11-10-18(3)16-23(21)28-19(4)24(27)25-13-7-14-26-15-12-20-8-5-6-9-22(20)26/h5-6,8-11,16-17,19H,7,12-15H2,1-4H3,(H,25,27)/t19-/m0/s1. The van der Waals surface area contributed by atoms with Gasteiger partial charge in [0.05, 0.1) is 0 Å². The van der Waals surface area contributed by atoms with Crippen LogP contribution in [0.2, 0.25) is 0 Å². The Hall–Kier alpha value is -2.49. The lowest BCUT2D eigenvalue weighted by atomic mass is 10.0. The van der Waals surface area contributed by atoms with Crippen LogP contribution in [0.5, 0.6) is 5.75 Å². The lowest BCUT2D eigenvalue weighted by molar-refractivity contribution is -0.127. The normalized spacial score (nSPS) is 14.1. The quantitative estimate of drug-likeness (QED) is 0.688. The van der Waals surface area contributed by atoms with Crippen molar-refractivity contribution in [1.82, 2.24) is 5.32 Å². The molecular formula is C24H32N2O2. The zero-order valence-corrected chi connectivity index (χ0v) is 17.5. The number of amides is 1. The van der Waals surface area contributed by atoms with Gasteiger partial charge >= 0.3 is 0 Å². The number of carbonyl (C=O) groups is 1. The third kappa shape index (κ3) is 4.86. The highest BCUT2D eigenvalue weighted by molar-refractivity contribution is 5.80. The Morgan fingerprint density at radius 3 is 2.75 bits per heavy atom. The summed E-state index contributed by atoms with van der Waals surface area (Å²) in [6, 6.07) is 14.8. The highest BCUT2D eigenvalue weighted by Gasteiger charge is 2.19. The van der Waals surface area contributed by atoms with Gasteiger partial charge in [-0.25, -0.2) is 0 Å². The number of fused-ring (bicyclic) bond motifs is 1. The molecule has 0 unspecified atom stereocenters. The predicted octanol–water partition coefficient (Wildman–Crippen LogP) is 4.45. The Morgan fingerprint density at radius 2 is 1.96 bits per heavy atom. The van der Waals surface area contributed by atoms with Crippen molar-refractivity contribution < 1.29 is 9.53 Å². The molecule has 0 radical (unpaired) electrons. The van der Waals surface area contributed by atoms with Crippen molar-refractivity contribution in [2.75, 3.05) is 24.5 Å². The van der Waals surface area contributed by atoms with Crippen molar-refractivity contribution in [3.05, 3.63) is 59.2 Å². The van der Waals surface area contributed by atoms with E-state index in [1.807, 2.05) is 19.9 Å². The number of hydrogen-bond donors (Lipinski definition) is 1. The summed E-state index contributed by atoms with van der Waals surface area (Å²) in [5.74, 6) is 1.11. The zero-order chi connectivity index (χ0) is 20.1. The molecule has 1 atom stereocenters. The van der Waals surface area contributed by atoms with E-state index >= 15 is 0 Å². The Kier molecular flexibility index (Phi) is 6.61. The van der Waals surface area contributed by atoms with Crippen LogP contribution in [0.1, 0.15) is 49.8 Å². The smallest absolute Gasteiger partial charge is 0.260 e. The Labute approximate surface area is 168 Å². The van der Waals surface area contributed by atoms with Crippen molar-refractivity contribution in [2.45, 2.75) is 52.6 Å². The molecule has 1 aliphatic rings. The molecular weight excluding hydrogens is 348 g/mol. The molecule has 0 aromatic heterocycles. The number of rotatable bonds is 8. The molecule has 2 aromatic carbocycles. The van der Waals surface area contributed by atoms with Gasteiger partial charge in [0.25, 0.3) is 5.91 Å². The fraction of sp³-hybridized carbons (Fsp3) is 0.458. The number of anilines is 1. The molecule has 0 spiro atoms. The maximum Gasteiger partial charge on any atom is 0.260 e. The highest BCUT2D eigenvalue weighted by Crippen LogP contribution is 2.29. The van der Waals surface area contributed by atoms with Crippen LogP contribution in [0.3, 0.4) is 0 Å². The molecule has 4 heteroatoms. The highest BCUT2D eigenvalue weighted by atomic mass is 16.5. The van der Waals surface area contributed by atoms with Crippen molar-refractivity contribution >= 4 is 11.6 Å². The van der Waals surface area contributed by atoms with E-state index in [1.54, 1.807) is 0 Å². The van der Waals surface area contributed by atoms with Gasteiger partial charge in [-0.3, -0.25) is 4.79 Å². The first-order valence-corrected chi connectivity index (χ1v) is 10.3. The van der Waals surface area contributed by atoms with Crippen LogP contribution in [0.15, 0.2) is 42.5 Å². The summed E-state index contributed by atoms with van der Waals surface area (Å²) < 4.78 is 6.00. The third-order valence-corrected chi connectivity index (χ3v) is 5.35. The zero-order valence-electron chi connectivity index (χ0n) is 17.5. The van der Waals surface area contributed by atoms with Gasteiger partial charge in [-0.15, -0.1) is 0 Å². The summed E-state index contributed by atoms with van der Waals surface area (Å²) in [5, 5.41) is 3.02. The van der Waals surface area contributed by atoms with Crippen LogP contribution in [0.25, 0.3) is 0 Å². The van der Waals surface area contributed by atoms with Crippen LogP contribution in [0.4, 0.5) is 5.69 Å². The first kappa shape index (κ1) is 20.2. The van der Waals surface area contributed by atoms with Gasteiger partial charge in [-0.05, 0) is 61.4 Å². The average molecular weight is 381 g/mol. The van der Waals surface area contributed by atoms with E-state index in [9.17, 15) is 4.79 Å². The molecule has 0 saturated heterocycles. The lowest BCUT2D eigenvalue weighted by Crippen LogP contribution is -2.38. The van der Waals surface area contributed by atoms with Crippen molar-refractivity contribution in [1.29, 1.82) is 0 Å². The van der Waals surface area contributed by atoms with Gasteiger partial charge in [0, 0.05) is 25.3 Å². The molecule has 2 aromatic rings. The van der Waals surface area contributed by atoms with Crippen molar-refractivity contribution in [2.24, 2.45) is 0 Å². The fourth-order valence-corrected chi connectivity index (χ4v) is 3.73. The maximum atomic E-state index is 12.5. The van der Waals surface area contributed by atoms with E-state index in [2.05, 4.69) is 60.5 Å². The number of nitrogens with one attached hydrogen (secondary N) is 1. The van der Waals surface area contributed by atoms with E-state index < -0.39 is 6.10 Å². The molecule has 150 valence electrons. The second kappa shape index (κ2) is 9.13. The van der Waals surface area contributed by atoms with Crippen LogP contribution in [-0.4, -0.2) is 31.6 Å². The third-order valence-electron chi connectivity index (χ3n) is 5.35. The molecule has 0 aliphatic carbocycles. The Morgan fingerprint density at radius 1 is 1.18 bits per heavy atom. The van der Waals surface area contributed by atoms with Crippen LogP contribution >= 0.6 is 0 Å². The topological polar surface area (TPSA) is 41.6 Å². The number of ether oxygens (including phenoxy) is 1. The second-order valence-corrected chi connectivity index (χ2v) is 7.97.